The summed E-state index contributed by atoms with van der Waals surface area (Å²) in [5.41, 5.74) is 6.36. The van der Waals surface area contributed by atoms with Gasteiger partial charge >= 0.3 is 5.76 Å². The van der Waals surface area contributed by atoms with Crippen LogP contribution in [0.4, 0.5) is 0 Å². The maximum atomic E-state index is 11.5. The number of nitrogens with two attached hydrogens (primary N) is 1. The van der Waals surface area contributed by atoms with Crippen LogP contribution >= 0.6 is 0 Å². The van der Waals surface area contributed by atoms with Crippen LogP contribution in [0.15, 0.2) is 39.5 Å². The Morgan fingerprint density at radius 1 is 1.44 bits per heavy atom. The molecule has 0 amide bonds. The molecular weight excluding hydrogens is 206 g/mol. The van der Waals surface area contributed by atoms with Crippen LogP contribution in [0.2, 0.25) is 0 Å². The van der Waals surface area contributed by atoms with Crippen molar-refractivity contribution in [1.82, 2.24) is 9.78 Å². The number of rotatable bonds is 3. The molecule has 2 aromatic rings. The third kappa shape index (κ3) is 1.90. The second-order valence-corrected chi connectivity index (χ2v) is 3.50. The lowest BCUT2D eigenvalue weighted by Crippen LogP contribution is -2.20. The van der Waals surface area contributed by atoms with Gasteiger partial charge in [-0.25, -0.2) is 4.79 Å². The molecule has 5 heteroatoms. The minimum Gasteiger partial charge on any atom is -0.391 e. The van der Waals surface area contributed by atoms with Crippen LogP contribution in [0, 0.1) is 0 Å². The molecule has 2 rings (SSSR count). The molecule has 0 saturated carbocycles. The molecule has 0 radical (unpaired) electrons. The molecule has 0 bridgehead atoms. The lowest BCUT2D eigenvalue weighted by molar-refractivity contribution is 0.438. The Morgan fingerprint density at radius 3 is 2.69 bits per heavy atom. The first kappa shape index (κ1) is 10.6. The predicted octanol–water partition coefficient (Wildman–Crippen LogP) is 0.904. The van der Waals surface area contributed by atoms with E-state index in [1.54, 1.807) is 0 Å². The van der Waals surface area contributed by atoms with Crippen LogP contribution in [0.1, 0.15) is 24.4 Å². The monoisotopic (exact) mass is 219 g/mol. The molecule has 0 aliphatic carbocycles. The summed E-state index contributed by atoms with van der Waals surface area (Å²) in [5.74, 6) is -0.218. The van der Waals surface area contributed by atoms with Gasteiger partial charge in [0.25, 0.3) is 0 Å². The maximum Gasteiger partial charge on any atom is 0.437 e. The van der Waals surface area contributed by atoms with Crippen LogP contribution < -0.4 is 11.5 Å². The summed E-state index contributed by atoms with van der Waals surface area (Å²) in [6.45, 7) is 2.02. The molecule has 0 fully saturated rings. The molecular formula is C11H13N3O2. The van der Waals surface area contributed by atoms with E-state index < -0.39 is 5.76 Å². The third-order valence-electron chi connectivity index (χ3n) is 2.43. The van der Waals surface area contributed by atoms with Gasteiger partial charge in [-0.1, -0.05) is 30.3 Å². The Morgan fingerprint density at radius 2 is 2.12 bits per heavy atom. The summed E-state index contributed by atoms with van der Waals surface area (Å²) in [6, 6.07) is 9.48. The Bertz CT molecular complexity index is 516. The van der Waals surface area contributed by atoms with Gasteiger partial charge in [0, 0.05) is 0 Å². The van der Waals surface area contributed by atoms with E-state index in [2.05, 4.69) is 5.10 Å². The highest BCUT2D eigenvalue weighted by Crippen LogP contribution is 2.14. The Balaban J connectivity index is 2.37. The van der Waals surface area contributed by atoms with Gasteiger partial charge in [0.15, 0.2) is 0 Å². The fraction of sp³-hybridized carbons (Fsp3) is 0.273. The van der Waals surface area contributed by atoms with Crippen LogP contribution in [0.3, 0.4) is 0 Å². The topological polar surface area (TPSA) is 74.1 Å². The Labute approximate surface area is 92.5 Å². The summed E-state index contributed by atoms with van der Waals surface area (Å²) in [4.78, 5) is 11.5. The number of hydrogen-bond donors (Lipinski definition) is 1. The Kier molecular flexibility index (Phi) is 2.87. The molecule has 5 nitrogen and oxygen atoms in total. The van der Waals surface area contributed by atoms with Crippen LogP contribution in [-0.4, -0.2) is 9.78 Å². The normalized spacial score (nSPS) is 12.6. The summed E-state index contributed by atoms with van der Waals surface area (Å²) >= 11 is 0. The number of aromatic nitrogens is 2. The summed E-state index contributed by atoms with van der Waals surface area (Å²) < 4.78 is 6.18. The summed E-state index contributed by atoms with van der Waals surface area (Å²) in [5, 5.41) is 4.02. The quantitative estimate of drug-likeness (QED) is 0.832. The largest absolute Gasteiger partial charge is 0.437 e. The van der Waals surface area contributed by atoms with Crippen molar-refractivity contribution in [2.75, 3.05) is 0 Å². The fourth-order valence-corrected chi connectivity index (χ4v) is 1.53. The minimum absolute atomic E-state index is 0.129. The lowest BCUT2D eigenvalue weighted by atomic mass is 10.1. The SMILES string of the molecule is CC(c1ccccc1)n1nc(CN)oc1=O. The van der Waals surface area contributed by atoms with Gasteiger partial charge in [-0.15, -0.1) is 5.10 Å². The maximum absolute atomic E-state index is 11.5. The van der Waals surface area contributed by atoms with Gasteiger partial charge in [-0.05, 0) is 12.5 Å². The van der Waals surface area contributed by atoms with Gasteiger partial charge in [-0.2, -0.15) is 4.68 Å². The van der Waals surface area contributed by atoms with Crippen molar-refractivity contribution in [3.05, 3.63) is 52.3 Å². The lowest BCUT2D eigenvalue weighted by Gasteiger charge is -2.09. The zero-order valence-corrected chi connectivity index (χ0v) is 8.96. The fourth-order valence-electron chi connectivity index (χ4n) is 1.53. The van der Waals surface area contributed by atoms with Crippen molar-refractivity contribution >= 4 is 0 Å². The predicted molar refractivity (Wildman–Crippen MR) is 58.9 cm³/mol. The molecule has 0 aliphatic rings. The first-order valence-corrected chi connectivity index (χ1v) is 5.06. The van der Waals surface area contributed by atoms with E-state index in [0.29, 0.717) is 0 Å². The first-order chi connectivity index (χ1) is 7.72. The highest BCUT2D eigenvalue weighted by atomic mass is 16.4. The number of hydrogen-bond acceptors (Lipinski definition) is 4. The average molecular weight is 219 g/mol. The summed E-state index contributed by atoms with van der Waals surface area (Å²) in [6.07, 6.45) is 0. The molecule has 1 atom stereocenters. The molecule has 0 aliphatic heterocycles. The molecule has 1 unspecified atom stereocenters. The van der Waals surface area contributed by atoms with E-state index in [4.69, 9.17) is 10.2 Å². The number of benzene rings is 1. The van der Waals surface area contributed by atoms with Gasteiger partial charge < -0.3 is 10.2 Å². The van der Waals surface area contributed by atoms with Gasteiger partial charge in [0.1, 0.15) is 0 Å². The molecule has 1 aromatic heterocycles. The van der Waals surface area contributed by atoms with E-state index in [0.717, 1.165) is 5.56 Å². The minimum atomic E-state index is -0.475. The smallest absolute Gasteiger partial charge is 0.391 e. The van der Waals surface area contributed by atoms with Gasteiger partial charge in [0.05, 0.1) is 12.6 Å². The van der Waals surface area contributed by atoms with Crippen molar-refractivity contribution in [3.63, 3.8) is 0 Å². The van der Waals surface area contributed by atoms with Gasteiger partial charge in [-0.3, -0.25) is 0 Å². The van der Waals surface area contributed by atoms with E-state index >= 15 is 0 Å². The van der Waals surface area contributed by atoms with Crippen LogP contribution in [-0.2, 0) is 6.54 Å². The van der Waals surface area contributed by atoms with E-state index in [1.165, 1.54) is 4.68 Å². The number of nitrogens with zero attached hydrogens (tertiary/aromatic N) is 2. The third-order valence-corrected chi connectivity index (χ3v) is 2.43. The van der Waals surface area contributed by atoms with Crippen LogP contribution in [0.25, 0.3) is 0 Å². The van der Waals surface area contributed by atoms with E-state index in [1.807, 2.05) is 37.3 Å². The zero-order chi connectivity index (χ0) is 11.5. The van der Waals surface area contributed by atoms with Crippen LogP contribution in [0.5, 0.6) is 0 Å². The molecule has 16 heavy (non-hydrogen) atoms. The van der Waals surface area contributed by atoms with Crippen molar-refractivity contribution in [2.45, 2.75) is 19.5 Å². The molecule has 1 aromatic carbocycles. The van der Waals surface area contributed by atoms with Crippen molar-refractivity contribution in [2.24, 2.45) is 5.73 Å². The van der Waals surface area contributed by atoms with E-state index in [-0.39, 0.29) is 18.5 Å². The molecule has 2 N–H and O–H groups in total. The highest BCUT2D eigenvalue weighted by molar-refractivity contribution is 5.18. The standard InChI is InChI=1S/C11H13N3O2/c1-8(9-5-3-2-4-6-9)14-11(15)16-10(7-12)13-14/h2-6,8H,7,12H2,1H3. The average Bonchev–Trinajstić information content (AvgIpc) is 2.71. The highest BCUT2D eigenvalue weighted by Gasteiger charge is 2.14. The summed E-state index contributed by atoms with van der Waals surface area (Å²) in [7, 11) is 0. The van der Waals surface area contributed by atoms with Crippen molar-refractivity contribution < 1.29 is 4.42 Å². The molecule has 0 spiro atoms. The second-order valence-electron chi connectivity index (χ2n) is 3.50. The Hall–Kier alpha value is -1.88. The molecule has 0 saturated heterocycles. The van der Waals surface area contributed by atoms with Crippen molar-refractivity contribution in [3.8, 4) is 0 Å². The first-order valence-electron chi connectivity index (χ1n) is 5.06. The zero-order valence-electron chi connectivity index (χ0n) is 8.96. The van der Waals surface area contributed by atoms with E-state index in [9.17, 15) is 4.79 Å². The second kappa shape index (κ2) is 4.32. The molecule has 84 valence electrons. The molecule has 1 heterocycles. The van der Waals surface area contributed by atoms with Crippen molar-refractivity contribution in [1.29, 1.82) is 0 Å². The van der Waals surface area contributed by atoms with Gasteiger partial charge in [0.2, 0.25) is 5.89 Å².